The van der Waals surface area contributed by atoms with E-state index in [0.29, 0.717) is 18.0 Å². The summed E-state index contributed by atoms with van der Waals surface area (Å²) in [5.41, 5.74) is 3.11. The lowest BCUT2D eigenvalue weighted by atomic mass is 10.1. The van der Waals surface area contributed by atoms with Crippen molar-refractivity contribution in [2.45, 2.75) is 19.9 Å². The fourth-order valence-corrected chi connectivity index (χ4v) is 3.23. The molecule has 7 heteroatoms. The second-order valence-electron chi connectivity index (χ2n) is 5.43. The number of fused-ring (bicyclic) bond motifs is 1. The number of benzene rings is 1. The van der Waals surface area contributed by atoms with Crippen LogP contribution in [0.15, 0.2) is 50.3 Å². The highest BCUT2D eigenvalue weighted by Crippen LogP contribution is 2.20. The predicted octanol–water partition coefficient (Wildman–Crippen LogP) is 3.12. The Hall–Kier alpha value is -2.80. The molecule has 0 bridgehead atoms. The van der Waals surface area contributed by atoms with E-state index in [1.54, 1.807) is 11.3 Å². The minimum Gasteiger partial charge on any atom is -0.423 e. The summed E-state index contributed by atoms with van der Waals surface area (Å²) in [6, 6.07) is 9.36. The van der Waals surface area contributed by atoms with E-state index < -0.39 is 0 Å². The lowest BCUT2D eigenvalue weighted by Gasteiger charge is -2.05. The third-order valence-corrected chi connectivity index (χ3v) is 4.53. The van der Waals surface area contributed by atoms with Crippen molar-refractivity contribution < 1.29 is 4.42 Å². The topological polar surface area (TPSA) is 73.8 Å². The molecule has 0 unspecified atom stereocenters. The van der Waals surface area contributed by atoms with Gasteiger partial charge in [0.25, 0.3) is 0 Å². The van der Waals surface area contributed by atoms with E-state index in [9.17, 15) is 4.79 Å². The van der Waals surface area contributed by atoms with E-state index in [1.807, 2.05) is 35.0 Å². The Labute approximate surface area is 141 Å². The van der Waals surface area contributed by atoms with E-state index in [1.165, 1.54) is 10.9 Å². The van der Waals surface area contributed by atoms with Crippen LogP contribution in [-0.2, 0) is 13.0 Å². The van der Waals surface area contributed by atoms with Gasteiger partial charge < -0.3 is 4.42 Å². The van der Waals surface area contributed by atoms with Gasteiger partial charge in [-0.15, -0.1) is 10.2 Å². The summed E-state index contributed by atoms with van der Waals surface area (Å²) >= 11 is 1.58. The first kappa shape index (κ1) is 14.8. The second-order valence-corrected chi connectivity index (χ2v) is 6.21. The Bertz CT molecular complexity index is 1050. The molecular formula is C17H14N4O2S. The Morgan fingerprint density at radius 3 is 2.96 bits per heavy atom. The standard InChI is InChI=1S/C17H14N4O2S/c1-2-11-3-4-14-13(8-16(22)23-15(14)7-11)9-21-19-17(18-20-21)12-5-6-24-10-12/h3-8,10H,2,9H2,1H3. The number of aryl methyl sites for hydroxylation is 1. The normalized spacial score (nSPS) is 11.2. The van der Waals surface area contributed by atoms with Crippen LogP contribution in [0.5, 0.6) is 0 Å². The molecule has 3 heterocycles. The van der Waals surface area contributed by atoms with Gasteiger partial charge in [0, 0.05) is 22.4 Å². The van der Waals surface area contributed by atoms with Crippen molar-refractivity contribution >= 4 is 22.3 Å². The number of hydrogen-bond donors (Lipinski definition) is 0. The maximum Gasteiger partial charge on any atom is 0.336 e. The van der Waals surface area contributed by atoms with Crippen molar-refractivity contribution in [3.05, 3.63) is 62.6 Å². The Morgan fingerprint density at radius 2 is 2.17 bits per heavy atom. The van der Waals surface area contributed by atoms with Crippen LogP contribution in [0.4, 0.5) is 0 Å². The first-order valence-corrected chi connectivity index (χ1v) is 8.53. The summed E-state index contributed by atoms with van der Waals surface area (Å²) < 4.78 is 5.33. The molecule has 3 aromatic heterocycles. The van der Waals surface area contributed by atoms with Crippen LogP contribution in [0.1, 0.15) is 18.1 Å². The number of rotatable bonds is 4. The molecule has 1 aromatic carbocycles. The van der Waals surface area contributed by atoms with E-state index in [0.717, 1.165) is 28.5 Å². The molecule has 0 spiro atoms. The van der Waals surface area contributed by atoms with Crippen LogP contribution in [-0.4, -0.2) is 20.2 Å². The SMILES string of the molecule is CCc1ccc2c(Cn3nnc(-c4ccsc4)n3)cc(=O)oc2c1. The molecule has 6 nitrogen and oxygen atoms in total. The van der Waals surface area contributed by atoms with Crippen molar-refractivity contribution in [1.82, 2.24) is 20.2 Å². The zero-order valence-electron chi connectivity index (χ0n) is 13.0. The highest BCUT2D eigenvalue weighted by atomic mass is 32.1. The van der Waals surface area contributed by atoms with E-state index >= 15 is 0 Å². The molecule has 0 radical (unpaired) electrons. The van der Waals surface area contributed by atoms with Crippen molar-refractivity contribution in [1.29, 1.82) is 0 Å². The molecule has 120 valence electrons. The van der Waals surface area contributed by atoms with E-state index in [4.69, 9.17) is 4.42 Å². The fourth-order valence-electron chi connectivity index (χ4n) is 2.59. The first-order valence-electron chi connectivity index (χ1n) is 7.59. The maximum absolute atomic E-state index is 11.9. The van der Waals surface area contributed by atoms with Gasteiger partial charge >= 0.3 is 5.63 Å². The molecule has 0 saturated carbocycles. The monoisotopic (exact) mass is 338 g/mol. The largest absolute Gasteiger partial charge is 0.423 e. The third kappa shape index (κ3) is 2.74. The molecule has 24 heavy (non-hydrogen) atoms. The Balaban J connectivity index is 1.73. The minimum absolute atomic E-state index is 0.366. The van der Waals surface area contributed by atoms with Gasteiger partial charge in [0.2, 0.25) is 5.82 Å². The highest BCUT2D eigenvalue weighted by Gasteiger charge is 2.10. The summed E-state index contributed by atoms with van der Waals surface area (Å²) in [6.07, 6.45) is 0.887. The molecule has 0 fully saturated rings. The van der Waals surface area contributed by atoms with Gasteiger partial charge in [-0.25, -0.2) is 4.79 Å². The summed E-state index contributed by atoms with van der Waals surface area (Å²) in [5, 5.41) is 17.4. The zero-order valence-corrected chi connectivity index (χ0v) is 13.8. The Morgan fingerprint density at radius 1 is 1.25 bits per heavy atom. The number of nitrogens with zero attached hydrogens (tertiary/aromatic N) is 4. The van der Waals surface area contributed by atoms with Crippen LogP contribution in [0.3, 0.4) is 0 Å². The molecule has 0 amide bonds. The van der Waals surface area contributed by atoms with Gasteiger partial charge in [-0.2, -0.15) is 16.1 Å². The van der Waals surface area contributed by atoms with Gasteiger partial charge in [-0.1, -0.05) is 19.1 Å². The predicted molar refractivity (Wildman–Crippen MR) is 92.1 cm³/mol. The molecule has 0 aliphatic heterocycles. The smallest absolute Gasteiger partial charge is 0.336 e. The van der Waals surface area contributed by atoms with Crippen LogP contribution in [0, 0.1) is 0 Å². The summed E-state index contributed by atoms with van der Waals surface area (Å²) in [4.78, 5) is 13.4. The lowest BCUT2D eigenvalue weighted by molar-refractivity contribution is 0.545. The number of aromatic nitrogens is 4. The summed E-state index contributed by atoms with van der Waals surface area (Å²) in [5.74, 6) is 0.580. The third-order valence-electron chi connectivity index (χ3n) is 3.85. The van der Waals surface area contributed by atoms with Gasteiger partial charge in [0.1, 0.15) is 5.58 Å². The number of thiophene rings is 1. The van der Waals surface area contributed by atoms with E-state index in [2.05, 4.69) is 22.3 Å². The summed E-state index contributed by atoms with van der Waals surface area (Å²) in [7, 11) is 0. The fraction of sp³-hybridized carbons (Fsp3) is 0.176. The van der Waals surface area contributed by atoms with Crippen LogP contribution >= 0.6 is 11.3 Å². The molecule has 0 aliphatic rings. The van der Waals surface area contributed by atoms with Gasteiger partial charge in [-0.3, -0.25) is 0 Å². The van der Waals surface area contributed by atoms with Crippen molar-refractivity contribution in [2.75, 3.05) is 0 Å². The quantitative estimate of drug-likeness (QED) is 0.535. The second kappa shape index (κ2) is 6.01. The minimum atomic E-state index is -0.371. The average Bonchev–Trinajstić information content (AvgIpc) is 3.25. The lowest BCUT2D eigenvalue weighted by Crippen LogP contribution is -2.08. The number of tetrazole rings is 1. The van der Waals surface area contributed by atoms with Crippen molar-refractivity contribution in [3.8, 4) is 11.4 Å². The average molecular weight is 338 g/mol. The molecular weight excluding hydrogens is 324 g/mol. The zero-order chi connectivity index (χ0) is 16.5. The highest BCUT2D eigenvalue weighted by molar-refractivity contribution is 7.08. The van der Waals surface area contributed by atoms with Gasteiger partial charge in [0.15, 0.2) is 0 Å². The molecule has 0 atom stereocenters. The first-order chi connectivity index (χ1) is 11.7. The van der Waals surface area contributed by atoms with Gasteiger partial charge in [-0.05, 0) is 40.3 Å². The number of hydrogen-bond acceptors (Lipinski definition) is 6. The van der Waals surface area contributed by atoms with Gasteiger partial charge in [0.05, 0.1) is 6.54 Å². The van der Waals surface area contributed by atoms with Crippen LogP contribution < -0.4 is 5.63 Å². The molecule has 0 saturated heterocycles. The van der Waals surface area contributed by atoms with Crippen molar-refractivity contribution in [2.24, 2.45) is 0 Å². The van der Waals surface area contributed by atoms with Crippen molar-refractivity contribution in [3.63, 3.8) is 0 Å². The Kier molecular flexibility index (Phi) is 3.70. The molecule has 0 N–H and O–H groups in total. The molecule has 0 aliphatic carbocycles. The van der Waals surface area contributed by atoms with Crippen LogP contribution in [0.25, 0.3) is 22.4 Å². The molecule has 4 rings (SSSR count). The summed E-state index contributed by atoms with van der Waals surface area (Å²) in [6.45, 7) is 2.43. The molecule has 4 aromatic rings. The maximum atomic E-state index is 11.9. The van der Waals surface area contributed by atoms with E-state index in [-0.39, 0.29) is 5.63 Å². The van der Waals surface area contributed by atoms with Crippen LogP contribution in [0.2, 0.25) is 0 Å².